The summed E-state index contributed by atoms with van der Waals surface area (Å²) < 4.78 is 28.7. The van der Waals surface area contributed by atoms with Crippen LogP contribution < -0.4 is 5.32 Å². The van der Waals surface area contributed by atoms with E-state index in [0.717, 1.165) is 37.0 Å². The smallest absolute Gasteiger partial charge is 0.160 e. The zero-order valence-electron chi connectivity index (χ0n) is 15.2. The molecule has 26 heavy (non-hydrogen) atoms. The van der Waals surface area contributed by atoms with Crippen LogP contribution in [0.3, 0.4) is 0 Å². The Bertz CT molecular complexity index is 978. The summed E-state index contributed by atoms with van der Waals surface area (Å²) in [5.74, 6) is -1.12. The molecule has 4 rings (SSSR count). The minimum atomic E-state index is -0.875. The lowest BCUT2D eigenvalue weighted by Crippen LogP contribution is -2.33. The van der Waals surface area contributed by atoms with E-state index in [-0.39, 0.29) is 0 Å². The van der Waals surface area contributed by atoms with Crippen molar-refractivity contribution in [2.45, 2.75) is 25.3 Å². The molecule has 1 unspecified atom stereocenters. The number of hydrogen-bond acceptors (Lipinski definition) is 3. The monoisotopic (exact) mass is 356 g/mol. The van der Waals surface area contributed by atoms with Crippen LogP contribution in [0.5, 0.6) is 0 Å². The van der Waals surface area contributed by atoms with Gasteiger partial charge in [-0.25, -0.2) is 13.8 Å². The van der Waals surface area contributed by atoms with Crippen molar-refractivity contribution >= 4 is 22.5 Å². The largest absolute Gasteiger partial charge is 0.340 e. The molecule has 1 atom stereocenters. The maximum absolute atomic E-state index is 13.4. The van der Waals surface area contributed by atoms with Crippen LogP contribution in [0.1, 0.15) is 17.7 Å². The van der Waals surface area contributed by atoms with Gasteiger partial charge in [-0.1, -0.05) is 0 Å². The second-order valence-electron chi connectivity index (χ2n) is 7.17. The summed E-state index contributed by atoms with van der Waals surface area (Å²) in [4.78, 5) is 7.00. The maximum Gasteiger partial charge on any atom is 0.160 e. The number of aromatic nitrogens is 2. The molecule has 0 amide bonds. The van der Waals surface area contributed by atoms with Crippen LogP contribution in [-0.2, 0) is 19.9 Å². The average molecular weight is 356 g/mol. The van der Waals surface area contributed by atoms with Gasteiger partial charge in [-0.3, -0.25) is 0 Å². The zero-order chi connectivity index (χ0) is 18.4. The van der Waals surface area contributed by atoms with Crippen LogP contribution >= 0.6 is 0 Å². The van der Waals surface area contributed by atoms with E-state index in [9.17, 15) is 8.78 Å². The fourth-order valence-electron chi connectivity index (χ4n) is 3.84. The van der Waals surface area contributed by atoms with Gasteiger partial charge in [0, 0.05) is 35.9 Å². The molecule has 1 aliphatic carbocycles. The van der Waals surface area contributed by atoms with Crippen molar-refractivity contribution in [3.8, 4) is 0 Å². The van der Waals surface area contributed by atoms with Crippen LogP contribution in [0.25, 0.3) is 11.0 Å². The van der Waals surface area contributed by atoms with E-state index >= 15 is 0 Å². The number of rotatable bonds is 3. The summed E-state index contributed by atoms with van der Waals surface area (Å²) in [6, 6.07) is 8.26. The first-order valence-corrected chi connectivity index (χ1v) is 8.79. The summed E-state index contributed by atoms with van der Waals surface area (Å²) in [5, 5.41) is 4.23. The zero-order valence-corrected chi connectivity index (χ0v) is 15.2. The molecule has 0 aliphatic heterocycles. The van der Waals surface area contributed by atoms with Gasteiger partial charge in [-0.05, 0) is 63.2 Å². The molecule has 0 radical (unpaired) electrons. The number of likely N-dealkylation sites (N-methyl/N-ethyl adjacent to an activating group) is 1. The van der Waals surface area contributed by atoms with Gasteiger partial charge in [-0.2, -0.15) is 0 Å². The Labute approximate surface area is 151 Å². The van der Waals surface area contributed by atoms with Crippen molar-refractivity contribution in [3.63, 3.8) is 0 Å². The molecule has 1 aromatic carbocycles. The number of halogens is 2. The second kappa shape index (κ2) is 6.36. The minimum absolute atomic E-state index is 0.474. The molecular formula is C20H22F2N4. The van der Waals surface area contributed by atoms with Gasteiger partial charge in [0.15, 0.2) is 11.6 Å². The number of nitrogens with zero attached hydrogens (tertiary/aromatic N) is 3. The summed E-state index contributed by atoms with van der Waals surface area (Å²) >= 11 is 0. The van der Waals surface area contributed by atoms with Crippen molar-refractivity contribution in [2.24, 2.45) is 7.05 Å². The normalized spacial score (nSPS) is 16.9. The molecule has 0 bridgehead atoms. The summed E-state index contributed by atoms with van der Waals surface area (Å²) in [6.45, 7) is 0. The lowest BCUT2D eigenvalue weighted by molar-refractivity contribution is 0.267. The molecule has 136 valence electrons. The molecule has 6 heteroatoms. The molecule has 2 aromatic heterocycles. The molecule has 0 fully saturated rings. The number of fused-ring (bicyclic) bond motifs is 3. The molecule has 1 aliphatic rings. The van der Waals surface area contributed by atoms with E-state index < -0.39 is 11.6 Å². The van der Waals surface area contributed by atoms with Gasteiger partial charge in [0.25, 0.3) is 0 Å². The highest BCUT2D eigenvalue weighted by Gasteiger charge is 2.26. The van der Waals surface area contributed by atoms with E-state index in [1.807, 2.05) is 13.1 Å². The molecule has 2 heterocycles. The van der Waals surface area contributed by atoms with E-state index in [1.165, 1.54) is 22.7 Å². The summed E-state index contributed by atoms with van der Waals surface area (Å²) in [6.07, 6.45) is 3.21. The standard InChI is InChI=1S/C20H22F2N4/c1-25(2)13-5-8-18-15(11-13)14-6-9-19(24-20(14)26(18)3)23-12-4-7-16(21)17(22)10-12/h4,6-7,9-10,13H,5,8,11H2,1-3H3,(H,23,24). The third kappa shape index (κ3) is 2.84. The highest BCUT2D eigenvalue weighted by atomic mass is 19.2. The number of nitrogens with one attached hydrogen (secondary N) is 1. The number of hydrogen-bond donors (Lipinski definition) is 1. The number of pyridine rings is 1. The predicted molar refractivity (Wildman–Crippen MR) is 99.9 cm³/mol. The first kappa shape index (κ1) is 17.0. The van der Waals surface area contributed by atoms with Crippen molar-refractivity contribution in [3.05, 3.63) is 53.2 Å². The molecule has 0 spiro atoms. The van der Waals surface area contributed by atoms with Crippen LogP contribution in [0, 0.1) is 11.6 Å². The lowest BCUT2D eigenvalue weighted by Gasteiger charge is -2.28. The molecule has 3 aromatic rings. The molecule has 0 saturated carbocycles. The Morgan fingerprint density at radius 2 is 1.96 bits per heavy atom. The third-order valence-corrected chi connectivity index (χ3v) is 5.35. The SMILES string of the molecule is CN(C)C1CCc2c(c3ccc(Nc4ccc(F)c(F)c4)nc3n2C)C1. The number of benzene rings is 1. The highest BCUT2D eigenvalue weighted by Crippen LogP contribution is 2.33. The van der Waals surface area contributed by atoms with Gasteiger partial charge in [0.1, 0.15) is 11.5 Å². The van der Waals surface area contributed by atoms with Gasteiger partial charge in [-0.15, -0.1) is 0 Å². The van der Waals surface area contributed by atoms with Crippen molar-refractivity contribution in [2.75, 3.05) is 19.4 Å². The van der Waals surface area contributed by atoms with Crippen LogP contribution in [0.2, 0.25) is 0 Å². The Balaban J connectivity index is 1.70. The van der Waals surface area contributed by atoms with Crippen LogP contribution in [-0.4, -0.2) is 34.6 Å². The first-order chi connectivity index (χ1) is 12.4. The molecule has 0 saturated heterocycles. The summed E-state index contributed by atoms with van der Waals surface area (Å²) in [5.41, 5.74) is 4.11. The topological polar surface area (TPSA) is 33.1 Å². The lowest BCUT2D eigenvalue weighted by atomic mass is 9.91. The van der Waals surface area contributed by atoms with Crippen molar-refractivity contribution in [1.29, 1.82) is 0 Å². The predicted octanol–water partition coefficient (Wildman–Crippen LogP) is 4.01. The number of anilines is 2. The van der Waals surface area contributed by atoms with Gasteiger partial charge >= 0.3 is 0 Å². The number of aryl methyl sites for hydroxylation is 1. The second-order valence-corrected chi connectivity index (χ2v) is 7.17. The molecule has 1 N–H and O–H groups in total. The Morgan fingerprint density at radius 3 is 2.69 bits per heavy atom. The van der Waals surface area contributed by atoms with Crippen molar-refractivity contribution < 1.29 is 8.78 Å². The van der Waals surface area contributed by atoms with Gasteiger partial charge < -0.3 is 14.8 Å². The first-order valence-electron chi connectivity index (χ1n) is 8.79. The Morgan fingerprint density at radius 1 is 1.15 bits per heavy atom. The third-order valence-electron chi connectivity index (χ3n) is 5.35. The highest BCUT2D eigenvalue weighted by molar-refractivity contribution is 5.84. The maximum atomic E-state index is 13.4. The Kier molecular flexibility index (Phi) is 4.15. The fraction of sp³-hybridized carbons (Fsp3) is 0.350. The van der Waals surface area contributed by atoms with Crippen molar-refractivity contribution in [1.82, 2.24) is 14.5 Å². The van der Waals surface area contributed by atoms with E-state index in [2.05, 4.69) is 34.9 Å². The quantitative estimate of drug-likeness (QED) is 0.770. The van der Waals surface area contributed by atoms with Gasteiger partial charge in [0.2, 0.25) is 0 Å². The van der Waals surface area contributed by atoms with Crippen LogP contribution in [0.15, 0.2) is 30.3 Å². The molecule has 4 nitrogen and oxygen atoms in total. The average Bonchev–Trinajstić information content (AvgIpc) is 2.90. The summed E-state index contributed by atoms with van der Waals surface area (Å²) in [7, 11) is 6.30. The minimum Gasteiger partial charge on any atom is -0.340 e. The van der Waals surface area contributed by atoms with E-state index in [0.29, 0.717) is 17.5 Å². The van der Waals surface area contributed by atoms with Crippen LogP contribution in [0.4, 0.5) is 20.3 Å². The van der Waals surface area contributed by atoms with Gasteiger partial charge in [0.05, 0.1) is 0 Å². The fourth-order valence-corrected chi connectivity index (χ4v) is 3.84. The Hall–Kier alpha value is -2.47. The van der Waals surface area contributed by atoms with E-state index in [1.54, 1.807) is 0 Å². The molecular weight excluding hydrogens is 334 g/mol. The van der Waals surface area contributed by atoms with E-state index in [4.69, 9.17) is 4.98 Å².